The fourth-order valence-corrected chi connectivity index (χ4v) is 1.03. The van der Waals surface area contributed by atoms with Gasteiger partial charge in [-0.15, -0.1) is 0 Å². The summed E-state index contributed by atoms with van der Waals surface area (Å²) >= 11 is 0. The van der Waals surface area contributed by atoms with Gasteiger partial charge < -0.3 is 4.74 Å². The van der Waals surface area contributed by atoms with Gasteiger partial charge in [-0.3, -0.25) is 0 Å². The summed E-state index contributed by atoms with van der Waals surface area (Å²) in [6.45, 7) is 6.09. The number of rotatable bonds is 3. The molecule has 0 spiro atoms. The molecule has 1 amide bonds. The van der Waals surface area contributed by atoms with E-state index in [4.69, 9.17) is 10.7 Å². The molecule has 0 saturated heterocycles. The van der Waals surface area contributed by atoms with E-state index in [0.717, 1.165) is 0 Å². The Kier molecular flexibility index (Phi) is 4.67. The van der Waals surface area contributed by atoms with Crippen molar-refractivity contribution in [2.24, 2.45) is 5.41 Å². The summed E-state index contributed by atoms with van der Waals surface area (Å²) in [5.74, 6) is 0. The predicted molar refractivity (Wildman–Crippen MR) is 53.3 cm³/mol. The molecule has 0 rings (SSSR count). The molecule has 0 saturated carbocycles. The quantitative estimate of drug-likeness (QED) is 0.765. The fourth-order valence-electron chi connectivity index (χ4n) is 0.579. The highest BCUT2D eigenvalue weighted by Gasteiger charge is 2.14. The Balaban J connectivity index is 3.77. The van der Waals surface area contributed by atoms with Crippen LogP contribution in [0.25, 0.3) is 0 Å². The smallest absolute Gasteiger partial charge is 0.421 e. The van der Waals surface area contributed by atoms with Gasteiger partial charge in [0.1, 0.15) is 0 Å². The monoisotopic (exact) mass is 243 g/mol. The third-order valence-corrected chi connectivity index (χ3v) is 1.93. The fraction of sp³-hybridized carbons (Fsp3) is 0.857. The standard InChI is InChI=1S/C7H14ClNO4S/c1-7(2,3)4-5-13-6(10)9-14(8,11)12/h4-5H2,1-3H3,(H,9,10). The predicted octanol–water partition coefficient (Wildman–Crippen LogP) is 1.63. The second-order valence-corrected chi connectivity index (χ2v) is 6.29. The average Bonchev–Trinajstić information content (AvgIpc) is 1.78. The number of carbonyl (C=O) groups excluding carboxylic acids is 1. The van der Waals surface area contributed by atoms with Crippen molar-refractivity contribution in [2.75, 3.05) is 6.61 Å². The molecule has 0 aliphatic carbocycles. The molecular weight excluding hydrogens is 230 g/mol. The summed E-state index contributed by atoms with van der Waals surface area (Å²) in [4.78, 5) is 10.7. The van der Waals surface area contributed by atoms with Crippen LogP contribution in [0.5, 0.6) is 0 Å². The lowest BCUT2D eigenvalue weighted by Gasteiger charge is -2.17. The number of carbonyl (C=O) groups is 1. The van der Waals surface area contributed by atoms with Crippen LogP contribution in [0.4, 0.5) is 4.79 Å². The minimum atomic E-state index is -4.04. The third-order valence-electron chi connectivity index (χ3n) is 1.29. The highest BCUT2D eigenvalue weighted by molar-refractivity contribution is 8.12. The van der Waals surface area contributed by atoms with Gasteiger partial charge in [-0.1, -0.05) is 20.8 Å². The van der Waals surface area contributed by atoms with E-state index < -0.39 is 15.3 Å². The molecule has 1 N–H and O–H groups in total. The van der Waals surface area contributed by atoms with Gasteiger partial charge in [0, 0.05) is 10.7 Å². The second kappa shape index (κ2) is 4.84. The molecule has 0 bridgehead atoms. The largest absolute Gasteiger partial charge is 0.449 e. The van der Waals surface area contributed by atoms with Crippen molar-refractivity contribution in [1.29, 1.82) is 0 Å². The van der Waals surface area contributed by atoms with Crippen LogP contribution in [0.1, 0.15) is 27.2 Å². The zero-order valence-corrected chi connectivity index (χ0v) is 9.91. The highest BCUT2D eigenvalue weighted by atomic mass is 35.7. The molecule has 14 heavy (non-hydrogen) atoms. The number of ether oxygens (including phenoxy) is 1. The van der Waals surface area contributed by atoms with Crippen molar-refractivity contribution < 1.29 is 17.9 Å². The van der Waals surface area contributed by atoms with Crippen LogP contribution in [0, 0.1) is 5.41 Å². The van der Waals surface area contributed by atoms with Crippen molar-refractivity contribution in [3.05, 3.63) is 0 Å². The van der Waals surface area contributed by atoms with Crippen LogP contribution in [0.3, 0.4) is 0 Å². The van der Waals surface area contributed by atoms with E-state index >= 15 is 0 Å². The lowest BCUT2D eigenvalue weighted by molar-refractivity contribution is 0.137. The molecule has 0 aliphatic heterocycles. The summed E-state index contributed by atoms with van der Waals surface area (Å²) < 4.78 is 26.8. The van der Waals surface area contributed by atoms with Gasteiger partial charge in [-0.25, -0.2) is 9.52 Å². The van der Waals surface area contributed by atoms with Crippen LogP contribution in [0.2, 0.25) is 0 Å². The average molecular weight is 244 g/mol. The maximum absolute atomic E-state index is 10.7. The lowest BCUT2D eigenvalue weighted by Crippen LogP contribution is -2.28. The summed E-state index contributed by atoms with van der Waals surface area (Å²) in [5.41, 5.74) is 0.0279. The van der Waals surface area contributed by atoms with Crippen molar-refractivity contribution in [3.63, 3.8) is 0 Å². The Hall–Kier alpha value is -0.490. The van der Waals surface area contributed by atoms with Crippen molar-refractivity contribution in [2.45, 2.75) is 27.2 Å². The van der Waals surface area contributed by atoms with E-state index in [-0.39, 0.29) is 12.0 Å². The van der Waals surface area contributed by atoms with Crippen LogP contribution >= 0.6 is 10.7 Å². The van der Waals surface area contributed by atoms with Crippen LogP contribution in [-0.4, -0.2) is 21.1 Å². The van der Waals surface area contributed by atoms with E-state index in [1.54, 1.807) is 0 Å². The number of amides is 1. The molecule has 0 atom stereocenters. The normalized spacial score (nSPS) is 12.3. The molecule has 0 fully saturated rings. The molecule has 0 radical (unpaired) electrons. The van der Waals surface area contributed by atoms with E-state index in [1.807, 2.05) is 20.8 Å². The first-order valence-corrected chi connectivity index (χ1v) is 6.30. The molecule has 0 aromatic carbocycles. The van der Waals surface area contributed by atoms with Gasteiger partial charge in [0.2, 0.25) is 0 Å². The first-order chi connectivity index (χ1) is 6.10. The lowest BCUT2D eigenvalue weighted by atomic mass is 9.93. The number of hydrogen-bond donors (Lipinski definition) is 1. The zero-order valence-electron chi connectivity index (χ0n) is 8.33. The SMILES string of the molecule is CC(C)(C)CCOC(=O)NS(=O)(=O)Cl. The minimum absolute atomic E-state index is 0.0279. The molecule has 5 nitrogen and oxygen atoms in total. The maximum atomic E-state index is 10.7. The molecule has 0 heterocycles. The third kappa shape index (κ3) is 9.60. The Morgan fingerprint density at radius 3 is 2.29 bits per heavy atom. The van der Waals surface area contributed by atoms with Crippen molar-refractivity contribution in [3.8, 4) is 0 Å². The molecule has 0 unspecified atom stereocenters. The Bertz CT molecular complexity index is 293. The minimum Gasteiger partial charge on any atom is -0.449 e. The maximum Gasteiger partial charge on any atom is 0.421 e. The van der Waals surface area contributed by atoms with Gasteiger partial charge in [-0.2, -0.15) is 8.42 Å². The van der Waals surface area contributed by atoms with E-state index in [1.165, 1.54) is 4.72 Å². The van der Waals surface area contributed by atoms with Crippen LogP contribution in [0.15, 0.2) is 0 Å². The number of hydrogen-bond acceptors (Lipinski definition) is 4. The summed E-state index contributed by atoms with van der Waals surface area (Å²) in [7, 11) is 0.716. The molecule has 0 aliphatic rings. The Labute approximate surface area is 88.3 Å². The molecule has 7 heteroatoms. The van der Waals surface area contributed by atoms with Gasteiger partial charge in [-0.05, 0) is 11.8 Å². The topological polar surface area (TPSA) is 72.5 Å². The summed E-state index contributed by atoms with van der Waals surface area (Å²) in [5, 5.41) is 0. The van der Waals surface area contributed by atoms with Crippen molar-refractivity contribution >= 4 is 26.0 Å². The Morgan fingerprint density at radius 1 is 1.43 bits per heavy atom. The zero-order chi connectivity index (χ0) is 11.4. The van der Waals surface area contributed by atoms with Gasteiger partial charge >= 0.3 is 15.3 Å². The molecule has 0 aromatic heterocycles. The molecule has 84 valence electrons. The van der Waals surface area contributed by atoms with Gasteiger partial charge in [0.25, 0.3) is 0 Å². The van der Waals surface area contributed by atoms with Crippen LogP contribution < -0.4 is 4.72 Å². The van der Waals surface area contributed by atoms with E-state index in [0.29, 0.717) is 6.42 Å². The summed E-state index contributed by atoms with van der Waals surface area (Å²) in [6.07, 6.45) is -0.410. The second-order valence-electron chi connectivity index (χ2n) is 3.99. The number of halogens is 1. The van der Waals surface area contributed by atoms with E-state index in [2.05, 4.69) is 4.74 Å². The Morgan fingerprint density at radius 2 is 1.93 bits per heavy atom. The van der Waals surface area contributed by atoms with Gasteiger partial charge in [0.15, 0.2) is 0 Å². The van der Waals surface area contributed by atoms with Gasteiger partial charge in [0.05, 0.1) is 6.61 Å². The molecule has 0 aromatic rings. The first-order valence-electron chi connectivity index (χ1n) is 3.99. The highest BCUT2D eigenvalue weighted by Crippen LogP contribution is 2.17. The summed E-state index contributed by atoms with van der Waals surface area (Å²) in [6, 6.07) is 0. The number of nitrogens with one attached hydrogen (secondary N) is 1. The molecular formula is C7H14ClNO4S. The van der Waals surface area contributed by atoms with Crippen LogP contribution in [-0.2, 0) is 14.0 Å². The van der Waals surface area contributed by atoms with E-state index in [9.17, 15) is 13.2 Å². The van der Waals surface area contributed by atoms with Crippen molar-refractivity contribution in [1.82, 2.24) is 4.72 Å². The first kappa shape index (κ1) is 13.5.